The molecule has 0 atom stereocenters. The highest BCUT2D eigenvalue weighted by atomic mass is 79.9. The number of aromatic nitrogens is 3. The number of rotatable bonds is 4. The normalized spacial score (nSPS) is 12.4. The van der Waals surface area contributed by atoms with Crippen LogP contribution in [0.4, 0.5) is 0 Å². The zero-order valence-electron chi connectivity index (χ0n) is 11.0. The fourth-order valence-electron chi connectivity index (χ4n) is 0.957. The lowest BCUT2D eigenvalue weighted by Gasteiger charge is -2.20. The minimum Gasteiger partial charge on any atom is -0.529 e. The molecular formula is C9H18BrN3O2Si2. The molecule has 0 saturated carbocycles. The summed E-state index contributed by atoms with van der Waals surface area (Å²) >= 11 is 3.28. The summed E-state index contributed by atoms with van der Waals surface area (Å²) in [5, 5.41) is 7.84. The van der Waals surface area contributed by atoms with Crippen LogP contribution in [0.5, 0.6) is 11.9 Å². The molecule has 0 amide bonds. The lowest BCUT2D eigenvalue weighted by Crippen LogP contribution is -2.32. The van der Waals surface area contributed by atoms with Gasteiger partial charge in [-0.25, -0.2) is 0 Å². The van der Waals surface area contributed by atoms with Gasteiger partial charge in [0.25, 0.3) is 0 Å². The van der Waals surface area contributed by atoms with Crippen LogP contribution in [0.2, 0.25) is 39.3 Å². The number of hydrogen-bond acceptors (Lipinski definition) is 5. The summed E-state index contributed by atoms with van der Waals surface area (Å²) in [5.41, 5.74) is 0. The predicted molar refractivity (Wildman–Crippen MR) is 75.5 cm³/mol. The van der Waals surface area contributed by atoms with Crippen molar-refractivity contribution in [2.24, 2.45) is 0 Å². The van der Waals surface area contributed by atoms with Crippen molar-refractivity contribution >= 4 is 32.6 Å². The second-order valence-electron chi connectivity index (χ2n) is 5.62. The summed E-state index contributed by atoms with van der Waals surface area (Å²) in [4.78, 5) is 4.25. The van der Waals surface area contributed by atoms with Gasteiger partial charge in [0.05, 0.1) is 0 Å². The van der Waals surface area contributed by atoms with Crippen molar-refractivity contribution in [3.63, 3.8) is 0 Å². The van der Waals surface area contributed by atoms with Gasteiger partial charge in [0.2, 0.25) is 22.5 Å². The van der Waals surface area contributed by atoms with Crippen LogP contribution in [0.1, 0.15) is 0 Å². The molecule has 1 aromatic rings. The van der Waals surface area contributed by atoms with Crippen LogP contribution in [0.3, 0.4) is 0 Å². The first kappa shape index (κ1) is 14.6. The molecule has 96 valence electrons. The Bertz CT molecular complexity index is 404. The lowest BCUT2D eigenvalue weighted by molar-refractivity contribution is 0.459. The molecule has 0 spiro atoms. The molecule has 0 aromatic carbocycles. The molecule has 0 bridgehead atoms. The second-order valence-corrected chi connectivity index (χ2v) is 15.2. The standard InChI is InChI=1S/C9H18BrN3O2Si2/c1-16(2,3)14-8-7(10)12-13-9(11-8)15-17(4,5)6/h1-6H3. The van der Waals surface area contributed by atoms with Gasteiger partial charge in [-0.05, 0) is 55.2 Å². The van der Waals surface area contributed by atoms with E-state index in [0.717, 1.165) is 0 Å². The molecule has 0 unspecified atom stereocenters. The van der Waals surface area contributed by atoms with Gasteiger partial charge in [-0.1, -0.05) is 5.10 Å². The molecule has 1 rings (SSSR count). The van der Waals surface area contributed by atoms with E-state index in [1.165, 1.54) is 0 Å². The topological polar surface area (TPSA) is 57.1 Å². The van der Waals surface area contributed by atoms with E-state index >= 15 is 0 Å². The van der Waals surface area contributed by atoms with Gasteiger partial charge in [-0.3, -0.25) is 0 Å². The Kier molecular flexibility index (Phi) is 4.31. The lowest BCUT2D eigenvalue weighted by atomic mass is 10.8. The van der Waals surface area contributed by atoms with Crippen molar-refractivity contribution in [3.8, 4) is 11.9 Å². The first-order chi connectivity index (χ1) is 7.57. The maximum atomic E-state index is 5.80. The maximum absolute atomic E-state index is 5.80. The third-order valence-corrected chi connectivity index (χ3v) is 3.50. The Morgan fingerprint density at radius 3 is 1.88 bits per heavy atom. The fraction of sp³-hybridized carbons (Fsp3) is 0.667. The van der Waals surface area contributed by atoms with Crippen molar-refractivity contribution in [3.05, 3.63) is 4.60 Å². The Balaban J connectivity index is 2.95. The molecule has 5 nitrogen and oxygen atoms in total. The average molecular weight is 336 g/mol. The van der Waals surface area contributed by atoms with E-state index in [-0.39, 0.29) is 0 Å². The highest BCUT2D eigenvalue weighted by Gasteiger charge is 2.23. The summed E-state index contributed by atoms with van der Waals surface area (Å²) in [6.45, 7) is 12.5. The summed E-state index contributed by atoms with van der Waals surface area (Å²) in [7, 11) is -3.44. The van der Waals surface area contributed by atoms with Gasteiger partial charge < -0.3 is 8.85 Å². The number of hydrogen-bond donors (Lipinski definition) is 0. The molecule has 0 fully saturated rings. The molecule has 0 aliphatic heterocycles. The van der Waals surface area contributed by atoms with Crippen LogP contribution in [0.15, 0.2) is 4.60 Å². The van der Waals surface area contributed by atoms with E-state index < -0.39 is 16.6 Å². The highest BCUT2D eigenvalue weighted by molar-refractivity contribution is 9.10. The Labute approximate surface area is 112 Å². The van der Waals surface area contributed by atoms with E-state index in [1.807, 2.05) is 0 Å². The SMILES string of the molecule is C[Si](C)(C)Oc1nnc(Br)c(O[Si](C)(C)C)n1. The van der Waals surface area contributed by atoms with Gasteiger partial charge in [0.1, 0.15) is 0 Å². The molecular weight excluding hydrogens is 318 g/mol. The third-order valence-electron chi connectivity index (χ3n) is 1.40. The van der Waals surface area contributed by atoms with E-state index in [2.05, 4.69) is 70.4 Å². The van der Waals surface area contributed by atoms with Crippen LogP contribution >= 0.6 is 15.9 Å². The third kappa shape index (κ3) is 5.60. The van der Waals surface area contributed by atoms with Crippen molar-refractivity contribution in [1.82, 2.24) is 15.2 Å². The van der Waals surface area contributed by atoms with Crippen LogP contribution in [0, 0.1) is 0 Å². The molecule has 1 aromatic heterocycles. The zero-order valence-corrected chi connectivity index (χ0v) is 14.6. The van der Waals surface area contributed by atoms with Crippen molar-refractivity contribution in [2.45, 2.75) is 39.3 Å². The van der Waals surface area contributed by atoms with E-state index in [9.17, 15) is 0 Å². The van der Waals surface area contributed by atoms with Gasteiger partial charge >= 0.3 is 6.01 Å². The second kappa shape index (κ2) is 5.03. The van der Waals surface area contributed by atoms with Gasteiger partial charge in [-0.2, -0.15) is 4.98 Å². The monoisotopic (exact) mass is 335 g/mol. The summed E-state index contributed by atoms with van der Waals surface area (Å²) in [6, 6.07) is 0.292. The van der Waals surface area contributed by atoms with Crippen LogP contribution in [0.25, 0.3) is 0 Å². The smallest absolute Gasteiger partial charge is 0.325 e. The summed E-state index contributed by atoms with van der Waals surface area (Å²) in [5.74, 6) is 0.465. The highest BCUT2D eigenvalue weighted by Crippen LogP contribution is 2.24. The minimum atomic E-state index is -1.72. The first-order valence-electron chi connectivity index (χ1n) is 5.35. The molecule has 17 heavy (non-hydrogen) atoms. The minimum absolute atomic E-state index is 0.292. The van der Waals surface area contributed by atoms with E-state index in [4.69, 9.17) is 8.85 Å². The maximum Gasteiger partial charge on any atom is 0.325 e. The van der Waals surface area contributed by atoms with Gasteiger partial charge in [0, 0.05) is 0 Å². The van der Waals surface area contributed by atoms with Crippen molar-refractivity contribution in [1.29, 1.82) is 0 Å². The molecule has 0 N–H and O–H groups in total. The zero-order chi connectivity index (χ0) is 13.3. The van der Waals surface area contributed by atoms with E-state index in [1.54, 1.807) is 0 Å². The molecule has 0 aliphatic carbocycles. The van der Waals surface area contributed by atoms with Crippen LogP contribution in [-0.2, 0) is 0 Å². The molecule has 8 heteroatoms. The van der Waals surface area contributed by atoms with E-state index in [0.29, 0.717) is 16.5 Å². The van der Waals surface area contributed by atoms with Gasteiger partial charge in [0.15, 0.2) is 4.60 Å². The summed E-state index contributed by atoms with van der Waals surface area (Å²) < 4.78 is 12.0. The molecule has 1 heterocycles. The Morgan fingerprint density at radius 1 is 0.882 bits per heavy atom. The first-order valence-corrected chi connectivity index (χ1v) is 13.0. The van der Waals surface area contributed by atoms with Crippen molar-refractivity contribution < 1.29 is 8.85 Å². The molecule has 0 saturated heterocycles. The Morgan fingerprint density at radius 2 is 1.41 bits per heavy atom. The molecule has 0 radical (unpaired) electrons. The average Bonchev–Trinajstić information content (AvgIpc) is 2.05. The van der Waals surface area contributed by atoms with Crippen LogP contribution < -0.4 is 8.85 Å². The van der Waals surface area contributed by atoms with Crippen molar-refractivity contribution in [2.75, 3.05) is 0 Å². The number of halogens is 1. The number of nitrogens with zero attached hydrogens (tertiary/aromatic N) is 3. The summed E-state index contributed by atoms with van der Waals surface area (Å²) in [6.07, 6.45) is 0. The largest absolute Gasteiger partial charge is 0.529 e. The Hall–Kier alpha value is -0.476. The molecule has 0 aliphatic rings. The van der Waals surface area contributed by atoms with Gasteiger partial charge in [-0.15, -0.1) is 5.10 Å². The fourth-order valence-corrected chi connectivity index (χ4v) is 2.71. The quantitative estimate of drug-likeness (QED) is 0.791. The predicted octanol–water partition coefficient (Wildman–Crippen LogP) is 3.06. The van der Waals surface area contributed by atoms with Crippen LogP contribution in [-0.4, -0.2) is 31.8 Å².